The standard InChI is InChI=1S/C20H21N3O3S/c24-27(25,19-20-22(16-21-19)12-7-13-26-20)23(14-17-8-3-1-4-9-17)15-18-10-5-2-6-11-18/h1-6,8-11,16H,7,12-15H2. The lowest BCUT2D eigenvalue weighted by atomic mass is 10.2. The Balaban J connectivity index is 1.71. The smallest absolute Gasteiger partial charge is 0.266 e. The van der Waals surface area contributed by atoms with E-state index in [0.717, 1.165) is 24.1 Å². The highest BCUT2D eigenvalue weighted by Gasteiger charge is 2.33. The lowest BCUT2D eigenvalue weighted by Crippen LogP contribution is -2.31. The third-order valence-electron chi connectivity index (χ3n) is 4.53. The van der Waals surface area contributed by atoms with E-state index < -0.39 is 10.0 Å². The van der Waals surface area contributed by atoms with E-state index in [9.17, 15) is 8.42 Å². The number of nitrogens with zero attached hydrogens (tertiary/aromatic N) is 3. The van der Waals surface area contributed by atoms with E-state index in [1.807, 2.05) is 60.7 Å². The predicted octanol–water partition coefficient (Wildman–Crippen LogP) is 3.06. The minimum absolute atomic E-state index is 0.00550. The van der Waals surface area contributed by atoms with Gasteiger partial charge in [0.15, 0.2) is 0 Å². The highest BCUT2D eigenvalue weighted by Crippen LogP contribution is 2.30. The number of hydrogen-bond donors (Lipinski definition) is 0. The van der Waals surface area contributed by atoms with Crippen molar-refractivity contribution in [1.82, 2.24) is 13.9 Å². The van der Waals surface area contributed by atoms with Crippen LogP contribution < -0.4 is 4.74 Å². The van der Waals surface area contributed by atoms with Crippen LogP contribution in [-0.2, 0) is 29.7 Å². The molecule has 0 spiro atoms. The van der Waals surface area contributed by atoms with Crippen LogP contribution in [0.1, 0.15) is 17.5 Å². The Morgan fingerprint density at radius 3 is 2.15 bits per heavy atom. The largest absolute Gasteiger partial charge is 0.477 e. The number of benzene rings is 2. The molecule has 1 aliphatic rings. The number of aromatic nitrogens is 2. The topological polar surface area (TPSA) is 64.4 Å². The summed E-state index contributed by atoms with van der Waals surface area (Å²) in [6.07, 6.45) is 2.39. The zero-order valence-electron chi connectivity index (χ0n) is 14.9. The van der Waals surface area contributed by atoms with Gasteiger partial charge in [-0.05, 0) is 17.5 Å². The molecule has 140 valence electrons. The van der Waals surface area contributed by atoms with Gasteiger partial charge in [-0.2, -0.15) is 4.31 Å². The summed E-state index contributed by atoms with van der Waals surface area (Å²) in [6, 6.07) is 19.2. The predicted molar refractivity (Wildman–Crippen MR) is 102 cm³/mol. The number of rotatable bonds is 6. The molecule has 4 rings (SSSR count). The molecule has 1 aromatic heterocycles. The van der Waals surface area contributed by atoms with Gasteiger partial charge in [0.1, 0.15) is 0 Å². The van der Waals surface area contributed by atoms with Crippen LogP contribution in [0.2, 0.25) is 0 Å². The quantitative estimate of drug-likeness (QED) is 0.656. The molecule has 0 unspecified atom stereocenters. The first kappa shape index (κ1) is 17.8. The van der Waals surface area contributed by atoms with Crippen LogP contribution >= 0.6 is 0 Å². The molecule has 6 nitrogen and oxygen atoms in total. The fourth-order valence-electron chi connectivity index (χ4n) is 3.16. The van der Waals surface area contributed by atoms with Crippen LogP contribution in [0.5, 0.6) is 5.88 Å². The van der Waals surface area contributed by atoms with E-state index in [4.69, 9.17) is 4.74 Å². The second-order valence-electron chi connectivity index (χ2n) is 6.49. The van der Waals surface area contributed by atoms with Gasteiger partial charge in [0.2, 0.25) is 10.9 Å². The van der Waals surface area contributed by atoms with E-state index >= 15 is 0 Å². The fourth-order valence-corrected chi connectivity index (χ4v) is 4.62. The molecule has 3 aromatic rings. The highest BCUT2D eigenvalue weighted by molar-refractivity contribution is 7.89. The molecule has 0 saturated heterocycles. The van der Waals surface area contributed by atoms with E-state index in [-0.39, 0.29) is 18.1 Å². The van der Waals surface area contributed by atoms with Crippen molar-refractivity contribution in [1.29, 1.82) is 0 Å². The Bertz CT molecular complexity index is 960. The molecule has 0 N–H and O–H groups in total. The molecule has 1 aliphatic heterocycles. The van der Waals surface area contributed by atoms with Gasteiger partial charge in [0, 0.05) is 19.6 Å². The molecule has 0 aliphatic carbocycles. The van der Waals surface area contributed by atoms with Crippen molar-refractivity contribution in [3.05, 3.63) is 78.1 Å². The maximum absolute atomic E-state index is 13.4. The Morgan fingerprint density at radius 2 is 1.56 bits per heavy atom. The van der Waals surface area contributed by atoms with Crippen LogP contribution in [0.3, 0.4) is 0 Å². The van der Waals surface area contributed by atoms with E-state index in [0.29, 0.717) is 12.5 Å². The molecule has 0 fully saturated rings. The number of fused-ring (bicyclic) bond motifs is 1. The van der Waals surface area contributed by atoms with Crippen LogP contribution in [-0.4, -0.2) is 28.9 Å². The number of ether oxygens (including phenoxy) is 1. The van der Waals surface area contributed by atoms with Crippen molar-refractivity contribution in [2.75, 3.05) is 6.61 Å². The van der Waals surface area contributed by atoms with E-state index in [1.165, 1.54) is 4.31 Å². The second-order valence-corrected chi connectivity index (χ2v) is 8.35. The molecule has 0 saturated carbocycles. The zero-order valence-corrected chi connectivity index (χ0v) is 15.7. The lowest BCUT2D eigenvalue weighted by molar-refractivity contribution is 0.233. The van der Waals surface area contributed by atoms with Gasteiger partial charge in [0.05, 0.1) is 12.9 Å². The first-order chi connectivity index (χ1) is 13.1. The average molecular weight is 383 g/mol. The summed E-state index contributed by atoms with van der Waals surface area (Å²) >= 11 is 0. The molecule has 0 bridgehead atoms. The van der Waals surface area contributed by atoms with Crippen molar-refractivity contribution < 1.29 is 13.2 Å². The first-order valence-electron chi connectivity index (χ1n) is 8.90. The fraction of sp³-hybridized carbons (Fsp3) is 0.250. The third-order valence-corrected chi connectivity index (χ3v) is 6.23. The van der Waals surface area contributed by atoms with Crippen molar-refractivity contribution in [3.63, 3.8) is 0 Å². The number of hydrogen-bond acceptors (Lipinski definition) is 4. The van der Waals surface area contributed by atoms with Gasteiger partial charge < -0.3 is 9.30 Å². The van der Waals surface area contributed by atoms with Gasteiger partial charge in [-0.1, -0.05) is 60.7 Å². The van der Waals surface area contributed by atoms with Crippen molar-refractivity contribution >= 4 is 10.0 Å². The summed E-state index contributed by atoms with van der Waals surface area (Å²) < 4.78 is 35.7. The van der Waals surface area contributed by atoms with Crippen molar-refractivity contribution in [2.45, 2.75) is 31.1 Å². The van der Waals surface area contributed by atoms with Gasteiger partial charge in [-0.15, -0.1) is 0 Å². The van der Waals surface area contributed by atoms with Gasteiger partial charge >= 0.3 is 0 Å². The van der Waals surface area contributed by atoms with Crippen LogP contribution in [0, 0.1) is 0 Å². The molecule has 7 heteroatoms. The van der Waals surface area contributed by atoms with Gasteiger partial charge in [-0.3, -0.25) is 0 Å². The minimum Gasteiger partial charge on any atom is -0.477 e. The molecule has 2 heterocycles. The minimum atomic E-state index is -3.82. The summed E-state index contributed by atoms with van der Waals surface area (Å²) in [5.41, 5.74) is 1.84. The molecule has 0 atom stereocenters. The number of imidazole rings is 1. The highest BCUT2D eigenvalue weighted by atomic mass is 32.2. The SMILES string of the molecule is O=S(=O)(c1ncn2c1OCCC2)N(Cc1ccccc1)Cc1ccccc1. The maximum atomic E-state index is 13.4. The molecule has 2 aromatic carbocycles. The number of aryl methyl sites for hydroxylation is 1. The Kier molecular flexibility index (Phi) is 4.96. The lowest BCUT2D eigenvalue weighted by Gasteiger charge is -2.23. The molecule has 27 heavy (non-hydrogen) atoms. The Labute approximate surface area is 159 Å². The molecule has 0 radical (unpaired) electrons. The van der Waals surface area contributed by atoms with E-state index in [1.54, 1.807) is 10.9 Å². The monoisotopic (exact) mass is 383 g/mol. The van der Waals surface area contributed by atoms with Crippen LogP contribution in [0.25, 0.3) is 0 Å². The summed E-state index contributed by atoms with van der Waals surface area (Å²) in [4.78, 5) is 4.18. The molecular formula is C20H21N3O3S. The Morgan fingerprint density at radius 1 is 0.963 bits per heavy atom. The second kappa shape index (κ2) is 7.54. The zero-order chi connectivity index (χ0) is 18.7. The van der Waals surface area contributed by atoms with Gasteiger partial charge in [0.25, 0.3) is 10.0 Å². The maximum Gasteiger partial charge on any atom is 0.266 e. The van der Waals surface area contributed by atoms with Crippen LogP contribution in [0.15, 0.2) is 72.0 Å². The van der Waals surface area contributed by atoms with Crippen molar-refractivity contribution in [3.8, 4) is 5.88 Å². The van der Waals surface area contributed by atoms with Crippen LogP contribution in [0.4, 0.5) is 0 Å². The molecule has 0 amide bonds. The Hall–Kier alpha value is -2.64. The normalized spacial score (nSPS) is 14.0. The summed E-state index contributed by atoms with van der Waals surface area (Å²) in [5, 5.41) is -0.00550. The first-order valence-corrected chi connectivity index (χ1v) is 10.3. The average Bonchev–Trinajstić information content (AvgIpc) is 3.14. The van der Waals surface area contributed by atoms with Gasteiger partial charge in [-0.25, -0.2) is 13.4 Å². The summed E-state index contributed by atoms with van der Waals surface area (Å²) in [7, 11) is -3.82. The van der Waals surface area contributed by atoms with Crippen molar-refractivity contribution in [2.24, 2.45) is 0 Å². The summed E-state index contributed by atoms with van der Waals surface area (Å²) in [5.74, 6) is 0.340. The number of sulfonamides is 1. The third kappa shape index (κ3) is 3.74. The summed E-state index contributed by atoms with van der Waals surface area (Å²) in [6.45, 7) is 1.76. The molecular weight excluding hydrogens is 362 g/mol. The van der Waals surface area contributed by atoms with E-state index in [2.05, 4.69) is 4.98 Å².